The number of carbonyl (C=O) groups is 1. The lowest BCUT2D eigenvalue weighted by molar-refractivity contribution is -0.137. The van der Waals surface area contributed by atoms with Crippen molar-refractivity contribution in [3.63, 3.8) is 0 Å². The van der Waals surface area contributed by atoms with Crippen LogP contribution in [-0.2, 0) is 11.3 Å². The van der Waals surface area contributed by atoms with Gasteiger partial charge in [0.05, 0.1) is 6.20 Å². The topological polar surface area (TPSA) is 62.2 Å². The Bertz CT molecular complexity index is 358. The Balaban J connectivity index is 2.34. The Morgan fingerprint density at radius 3 is 3.06 bits per heavy atom. The monoisotopic (exact) mass is 226 g/mol. The number of carboxylic acids is 1. The SMILES string of the molecule is CC(CCC(=O)O)NCc1ccncc1F. The molecule has 1 unspecified atom stereocenters. The van der Waals surface area contributed by atoms with Crippen molar-refractivity contribution in [1.82, 2.24) is 10.3 Å². The summed E-state index contributed by atoms with van der Waals surface area (Å²) < 4.78 is 13.2. The van der Waals surface area contributed by atoms with Gasteiger partial charge in [0.25, 0.3) is 0 Å². The van der Waals surface area contributed by atoms with Crippen molar-refractivity contribution in [2.45, 2.75) is 32.4 Å². The molecule has 5 heteroatoms. The number of pyridine rings is 1. The molecule has 1 heterocycles. The molecule has 0 radical (unpaired) electrons. The first kappa shape index (κ1) is 12.6. The highest BCUT2D eigenvalue weighted by Crippen LogP contribution is 2.05. The van der Waals surface area contributed by atoms with E-state index in [-0.39, 0.29) is 18.3 Å². The number of nitrogens with zero attached hydrogens (tertiary/aromatic N) is 1. The van der Waals surface area contributed by atoms with Gasteiger partial charge in [-0.05, 0) is 19.4 Å². The van der Waals surface area contributed by atoms with Crippen LogP contribution in [0.25, 0.3) is 0 Å². The van der Waals surface area contributed by atoms with E-state index in [1.54, 1.807) is 6.07 Å². The van der Waals surface area contributed by atoms with Crippen LogP contribution < -0.4 is 5.32 Å². The van der Waals surface area contributed by atoms with Crippen LogP contribution in [0.5, 0.6) is 0 Å². The molecule has 4 nitrogen and oxygen atoms in total. The minimum Gasteiger partial charge on any atom is -0.481 e. The average molecular weight is 226 g/mol. The fourth-order valence-corrected chi connectivity index (χ4v) is 1.27. The largest absolute Gasteiger partial charge is 0.481 e. The number of hydrogen-bond donors (Lipinski definition) is 2. The van der Waals surface area contributed by atoms with Gasteiger partial charge in [0, 0.05) is 30.8 Å². The second-order valence-electron chi connectivity index (χ2n) is 3.68. The molecule has 1 atom stereocenters. The van der Waals surface area contributed by atoms with Crippen LogP contribution >= 0.6 is 0 Å². The predicted octanol–water partition coefficient (Wildman–Crippen LogP) is 1.56. The minimum atomic E-state index is -0.816. The minimum absolute atomic E-state index is 0.0451. The standard InChI is InChI=1S/C11H15FN2O2/c1-8(2-3-11(15)16)14-6-9-4-5-13-7-10(9)12/h4-5,7-8,14H,2-3,6H2,1H3,(H,15,16). The van der Waals surface area contributed by atoms with Crippen molar-refractivity contribution < 1.29 is 14.3 Å². The van der Waals surface area contributed by atoms with Gasteiger partial charge >= 0.3 is 5.97 Å². The molecule has 1 aromatic rings. The molecule has 0 fully saturated rings. The molecule has 0 bridgehead atoms. The summed E-state index contributed by atoms with van der Waals surface area (Å²) in [6.07, 6.45) is 3.34. The summed E-state index contributed by atoms with van der Waals surface area (Å²) in [5.74, 6) is -1.16. The van der Waals surface area contributed by atoms with E-state index in [9.17, 15) is 9.18 Å². The second kappa shape index (κ2) is 6.17. The zero-order chi connectivity index (χ0) is 12.0. The number of nitrogens with one attached hydrogen (secondary N) is 1. The molecule has 88 valence electrons. The van der Waals surface area contributed by atoms with Crippen LogP contribution in [-0.4, -0.2) is 22.1 Å². The van der Waals surface area contributed by atoms with E-state index in [1.807, 2.05) is 6.92 Å². The Hall–Kier alpha value is -1.49. The zero-order valence-electron chi connectivity index (χ0n) is 9.11. The lowest BCUT2D eigenvalue weighted by Crippen LogP contribution is -2.26. The summed E-state index contributed by atoms with van der Waals surface area (Å²) in [5, 5.41) is 11.6. The van der Waals surface area contributed by atoms with Gasteiger partial charge in [0.2, 0.25) is 0 Å². The van der Waals surface area contributed by atoms with E-state index < -0.39 is 5.97 Å². The summed E-state index contributed by atoms with van der Waals surface area (Å²) in [7, 11) is 0. The maximum Gasteiger partial charge on any atom is 0.303 e. The third-order valence-electron chi connectivity index (χ3n) is 2.29. The molecule has 0 aliphatic rings. The molecule has 0 spiro atoms. The maximum absolute atomic E-state index is 13.2. The molecule has 2 N–H and O–H groups in total. The normalized spacial score (nSPS) is 12.4. The molecule has 1 rings (SSSR count). The van der Waals surface area contributed by atoms with Crippen LogP contribution in [0.1, 0.15) is 25.3 Å². The van der Waals surface area contributed by atoms with E-state index in [0.717, 1.165) is 0 Å². The number of rotatable bonds is 6. The molecule has 0 amide bonds. The second-order valence-corrected chi connectivity index (χ2v) is 3.68. The fourth-order valence-electron chi connectivity index (χ4n) is 1.27. The zero-order valence-corrected chi connectivity index (χ0v) is 9.11. The van der Waals surface area contributed by atoms with Crippen molar-refractivity contribution in [2.24, 2.45) is 0 Å². The molecule has 0 saturated carbocycles. The highest BCUT2D eigenvalue weighted by molar-refractivity contribution is 5.66. The molecule has 1 aromatic heterocycles. The highest BCUT2D eigenvalue weighted by Gasteiger charge is 2.06. The summed E-state index contributed by atoms with van der Waals surface area (Å²) in [4.78, 5) is 14.0. The third-order valence-corrected chi connectivity index (χ3v) is 2.29. The van der Waals surface area contributed by atoms with E-state index in [4.69, 9.17) is 5.11 Å². The first-order chi connectivity index (χ1) is 7.59. The van der Waals surface area contributed by atoms with Crippen molar-refractivity contribution in [3.05, 3.63) is 29.8 Å². The van der Waals surface area contributed by atoms with Gasteiger partial charge in [-0.15, -0.1) is 0 Å². The van der Waals surface area contributed by atoms with Crippen molar-refractivity contribution >= 4 is 5.97 Å². The smallest absolute Gasteiger partial charge is 0.303 e. The molecule has 16 heavy (non-hydrogen) atoms. The number of hydrogen-bond acceptors (Lipinski definition) is 3. The van der Waals surface area contributed by atoms with Crippen LogP contribution in [0.4, 0.5) is 4.39 Å². The van der Waals surface area contributed by atoms with E-state index in [0.29, 0.717) is 18.5 Å². The van der Waals surface area contributed by atoms with Gasteiger partial charge in [-0.3, -0.25) is 9.78 Å². The van der Waals surface area contributed by atoms with E-state index in [2.05, 4.69) is 10.3 Å². The molecule has 0 aromatic carbocycles. The number of aliphatic carboxylic acids is 1. The first-order valence-electron chi connectivity index (χ1n) is 5.13. The summed E-state index contributed by atoms with van der Waals surface area (Å²) >= 11 is 0. The summed E-state index contributed by atoms with van der Waals surface area (Å²) in [6, 6.07) is 1.65. The van der Waals surface area contributed by atoms with Gasteiger partial charge < -0.3 is 10.4 Å². The predicted molar refractivity (Wildman–Crippen MR) is 57.4 cm³/mol. The van der Waals surface area contributed by atoms with Crippen molar-refractivity contribution in [3.8, 4) is 0 Å². The van der Waals surface area contributed by atoms with Crippen LogP contribution in [0.2, 0.25) is 0 Å². The Morgan fingerprint density at radius 2 is 2.44 bits per heavy atom. The first-order valence-corrected chi connectivity index (χ1v) is 5.13. The van der Waals surface area contributed by atoms with Crippen LogP contribution in [0.3, 0.4) is 0 Å². The third kappa shape index (κ3) is 4.35. The highest BCUT2D eigenvalue weighted by atomic mass is 19.1. The van der Waals surface area contributed by atoms with Crippen molar-refractivity contribution in [1.29, 1.82) is 0 Å². The molecular weight excluding hydrogens is 211 g/mol. The van der Waals surface area contributed by atoms with Crippen LogP contribution in [0.15, 0.2) is 18.5 Å². The Kier molecular flexibility index (Phi) is 4.85. The summed E-state index contributed by atoms with van der Waals surface area (Å²) in [6.45, 7) is 2.26. The molecule has 0 aliphatic heterocycles. The van der Waals surface area contributed by atoms with Crippen molar-refractivity contribution in [2.75, 3.05) is 0 Å². The molecule has 0 aliphatic carbocycles. The van der Waals surface area contributed by atoms with Gasteiger partial charge in [-0.2, -0.15) is 0 Å². The lowest BCUT2D eigenvalue weighted by Gasteiger charge is -2.12. The fraction of sp³-hybridized carbons (Fsp3) is 0.455. The van der Waals surface area contributed by atoms with E-state index >= 15 is 0 Å². The Labute approximate surface area is 93.5 Å². The quantitative estimate of drug-likeness (QED) is 0.772. The molecule has 0 saturated heterocycles. The van der Waals surface area contributed by atoms with Gasteiger partial charge in [0.1, 0.15) is 5.82 Å². The average Bonchev–Trinajstić information content (AvgIpc) is 2.25. The number of halogens is 1. The van der Waals surface area contributed by atoms with E-state index in [1.165, 1.54) is 12.4 Å². The Morgan fingerprint density at radius 1 is 1.69 bits per heavy atom. The van der Waals surface area contributed by atoms with Gasteiger partial charge in [-0.25, -0.2) is 4.39 Å². The molecular formula is C11H15FN2O2. The maximum atomic E-state index is 13.2. The number of aromatic nitrogens is 1. The van der Waals surface area contributed by atoms with Crippen LogP contribution in [0, 0.1) is 5.82 Å². The number of carboxylic acid groups (broad SMARTS) is 1. The van der Waals surface area contributed by atoms with Gasteiger partial charge in [0.15, 0.2) is 0 Å². The summed E-state index contributed by atoms with van der Waals surface area (Å²) in [5.41, 5.74) is 0.539. The lowest BCUT2D eigenvalue weighted by atomic mass is 10.1. The van der Waals surface area contributed by atoms with Gasteiger partial charge in [-0.1, -0.05) is 0 Å².